The van der Waals surface area contributed by atoms with Crippen molar-refractivity contribution >= 4 is 11.6 Å². The zero-order valence-electron chi connectivity index (χ0n) is 11.6. The van der Waals surface area contributed by atoms with Crippen LogP contribution >= 0.6 is 0 Å². The summed E-state index contributed by atoms with van der Waals surface area (Å²) in [6, 6.07) is 11.3. The van der Waals surface area contributed by atoms with Crippen LogP contribution in [0.3, 0.4) is 0 Å². The van der Waals surface area contributed by atoms with Gasteiger partial charge in [-0.15, -0.1) is 0 Å². The van der Waals surface area contributed by atoms with Gasteiger partial charge in [0, 0.05) is 16.8 Å². The standard InChI is InChI=1S/C17H15FN2O/c1-12-8-15(18)11-16(9-12)20-17(21)14-6-2-4-13(10-14)5-3-7-19/h2,4,6,8-11H,7,19H2,1H3,(H,20,21). The van der Waals surface area contributed by atoms with E-state index in [0.717, 1.165) is 5.56 Å². The molecule has 0 saturated heterocycles. The van der Waals surface area contributed by atoms with Gasteiger partial charge in [0.2, 0.25) is 0 Å². The SMILES string of the molecule is Cc1cc(F)cc(NC(=O)c2cccc(C#CCN)c2)c1. The molecule has 0 aliphatic heterocycles. The Bertz CT molecular complexity index is 709. The Morgan fingerprint density at radius 3 is 2.81 bits per heavy atom. The van der Waals surface area contributed by atoms with E-state index in [2.05, 4.69) is 17.2 Å². The van der Waals surface area contributed by atoms with Crippen molar-refractivity contribution in [3.63, 3.8) is 0 Å². The van der Waals surface area contributed by atoms with Crippen LogP contribution in [0.15, 0.2) is 42.5 Å². The smallest absolute Gasteiger partial charge is 0.255 e. The average Bonchev–Trinajstić information content (AvgIpc) is 2.44. The molecule has 0 aromatic heterocycles. The van der Waals surface area contributed by atoms with Crippen LogP contribution in [-0.4, -0.2) is 12.5 Å². The van der Waals surface area contributed by atoms with Crippen LogP contribution in [0, 0.1) is 24.6 Å². The number of hydrogen-bond acceptors (Lipinski definition) is 2. The molecular formula is C17H15FN2O. The number of aryl methyl sites for hydroxylation is 1. The molecule has 2 aromatic rings. The van der Waals surface area contributed by atoms with E-state index in [1.807, 2.05) is 0 Å². The maximum atomic E-state index is 13.3. The third kappa shape index (κ3) is 4.16. The Balaban J connectivity index is 2.20. The van der Waals surface area contributed by atoms with Crippen molar-refractivity contribution in [2.75, 3.05) is 11.9 Å². The van der Waals surface area contributed by atoms with Crippen molar-refractivity contribution < 1.29 is 9.18 Å². The van der Waals surface area contributed by atoms with E-state index in [9.17, 15) is 9.18 Å². The van der Waals surface area contributed by atoms with Gasteiger partial charge in [0.1, 0.15) is 5.82 Å². The Morgan fingerprint density at radius 1 is 1.29 bits per heavy atom. The van der Waals surface area contributed by atoms with E-state index < -0.39 is 0 Å². The lowest BCUT2D eigenvalue weighted by Crippen LogP contribution is -2.12. The van der Waals surface area contributed by atoms with E-state index >= 15 is 0 Å². The van der Waals surface area contributed by atoms with Gasteiger partial charge in [-0.25, -0.2) is 4.39 Å². The summed E-state index contributed by atoms with van der Waals surface area (Å²) in [6.07, 6.45) is 0. The number of amides is 1. The van der Waals surface area contributed by atoms with Crippen LogP contribution in [0.1, 0.15) is 21.5 Å². The lowest BCUT2D eigenvalue weighted by molar-refractivity contribution is 0.102. The Labute approximate surface area is 123 Å². The van der Waals surface area contributed by atoms with Crippen molar-refractivity contribution in [1.29, 1.82) is 0 Å². The lowest BCUT2D eigenvalue weighted by atomic mass is 10.1. The number of halogens is 1. The normalized spacial score (nSPS) is 9.67. The van der Waals surface area contributed by atoms with Gasteiger partial charge in [0.25, 0.3) is 5.91 Å². The molecule has 0 atom stereocenters. The molecule has 2 rings (SSSR count). The summed E-state index contributed by atoms with van der Waals surface area (Å²) < 4.78 is 13.3. The van der Waals surface area contributed by atoms with Gasteiger partial charge in [-0.05, 0) is 48.9 Å². The molecule has 0 radical (unpaired) electrons. The van der Waals surface area contributed by atoms with Gasteiger partial charge in [-0.3, -0.25) is 4.79 Å². The molecule has 4 heteroatoms. The van der Waals surface area contributed by atoms with Crippen LogP contribution in [0.5, 0.6) is 0 Å². The summed E-state index contributed by atoms with van der Waals surface area (Å²) >= 11 is 0. The molecule has 0 heterocycles. The highest BCUT2D eigenvalue weighted by molar-refractivity contribution is 6.04. The minimum Gasteiger partial charge on any atom is -0.322 e. The van der Waals surface area contributed by atoms with Gasteiger partial charge in [-0.2, -0.15) is 0 Å². The third-order valence-electron chi connectivity index (χ3n) is 2.76. The van der Waals surface area contributed by atoms with E-state index in [4.69, 9.17) is 5.73 Å². The molecule has 0 saturated carbocycles. The highest BCUT2D eigenvalue weighted by Gasteiger charge is 2.07. The van der Waals surface area contributed by atoms with Gasteiger partial charge in [-0.1, -0.05) is 17.9 Å². The predicted octanol–water partition coefficient (Wildman–Crippen LogP) is 2.70. The summed E-state index contributed by atoms with van der Waals surface area (Å²) in [5.74, 6) is 4.91. The second-order valence-electron chi connectivity index (χ2n) is 4.56. The van der Waals surface area contributed by atoms with Crippen LogP contribution in [0.25, 0.3) is 0 Å². The Morgan fingerprint density at radius 2 is 2.10 bits per heavy atom. The molecule has 2 aromatic carbocycles. The first-order valence-electron chi connectivity index (χ1n) is 6.46. The van der Waals surface area contributed by atoms with Crippen molar-refractivity contribution in [2.45, 2.75) is 6.92 Å². The van der Waals surface area contributed by atoms with Gasteiger partial charge < -0.3 is 11.1 Å². The number of anilines is 1. The highest BCUT2D eigenvalue weighted by Crippen LogP contribution is 2.15. The molecular weight excluding hydrogens is 267 g/mol. The molecule has 0 unspecified atom stereocenters. The van der Waals surface area contributed by atoms with E-state index in [1.54, 1.807) is 37.3 Å². The third-order valence-corrected chi connectivity index (χ3v) is 2.76. The highest BCUT2D eigenvalue weighted by atomic mass is 19.1. The van der Waals surface area contributed by atoms with Crippen LogP contribution < -0.4 is 11.1 Å². The summed E-state index contributed by atoms with van der Waals surface area (Å²) in [5.41, 5.74) is 7.66. The van der Waals surface area contributed by atoms with Crippen molar-refractivity contribution in [3.05, 3.63) is 65.0 Å². The molecule has 1 amide bonds. The summed E-state index contributed by atoms with van der Waals surface area (Å²) in [6.45, 7) is 2.03. The zero-order chi connectivity index (χ0) is 15.2. The van der Waals surface area contributed by atoms with Crippen LogP contribution in [0.2, 0.25) is 0 Å². The molecule has 0 aliphatic carbocycles. The van der Waals surface area contributed by atoms with Gasteiger partial charge >= 0.3 is 0 Å². The van der Waals surface area contributed by atoms with Crippen LogP contribution in [0.4, 0.5) is 10.1 Å². The second kappa shape index (κ2) is 6.69. The topological polar surface area (TPSA) is 55.1 Å². The molecule has 0 aliphatic rings. The number of rotatable bonds is 2. The number of benzene rings is 2. The summed E-state index contributed by atoms with van der Waals surface area (Å²) in [7, 11) is 0. The average molecular weight is 282 g/mol. The quantitative estimate of drug-likeness (QED) is 0.832. The lowest BCUT2D eigenvalue weighted by Gasteiger charge is -2.07. The fraction of sp³-hybridized carbons (Fsp3) is 0.118. The van der Waals surface area contributed by atoms with Crippen molar-refractivity contribution in [1.82, 2.24) is 0 Å². The molecule has 3 nitrogen and oxygen atoms in total. The Hall–Kier alpha value is -2.64. The fourth-order valence-corrected chi connectivity index (χ4v) is 1.90. The largest absolute Gasteiger partial charge is 0.322 e. The molecule has 0 bridgehead atoms. The van der Waals surface area contributed by atoms with E-state index in [0.29, 0.717) is 16.8 Å². The molecule has 0 spiro atoms. The first-order valence-corrected chi connectivity index (χ1v) is 6.46. The number of carbonyl (C=O) groups excluding carboxylic acids is 1. The van der Waals surface area contributed by atoms with Crippen molar-refractivity contribution in [3.8, 4) is 11.8 Å². The van der Waals surface area contributed by atoms with E-state index in [1.165, 1.54) is 12.1 Å². The minimum absolute atomic E-state index is 0.263. The van der Waals surface area contributed by atoms with E-state index in [-0.39, 0.29) is 18.3 Å². The van der Waals surface area contributed by atoms with Crippen molar-refractivity contribution in [2.24, 2.45) is 5.73 Å². The summed E-state index contributed by atoms with van der Waals surface area (Å²) in [5, 5.41) is 2.67. The maximum Gasteiger partial charge on any atom is 0.255 e. The molecule has 21 heavy (non-hydrogen) atoms. The number of nitrogens with two attached hydrogens (primary N) is 1. The molecule has 106 valence electrons. The monoisotopic (exact) mass is 282 g/mol. The number of hydrogen-bond donors (Lipinski definition) is 2. The zero-order valence-corrected chi connectivity index (χ0v) is 11.6. The summed E-state index contributed by atoms with van der Waals surface area (Å²) in [4.78, 5) is 12.2. The Kier molecular flexibility index (Phi) is 4.70. The van der Waals surface area contributed by atoms with Gasteiger partial charge in [0.05, 0.1) is 6.54 Å². The fourth-order valence-electron chi connectivity index (χ4n) is 1.90. The van der Waals surface area contributed by atoms with Gasteiger partial charge in [0.15, 0.2) is 0 Å². The maximum absolute atomic E-state index is 13.3. The first kappa shape index (κ1) is 14.8. The first-order chi connectivity index (χ1) is 10.1. The second-order valence-corrected chi connectivity index (χ2v) is 4.56. The predicted molar refractivity (Wildman–Crippen MR) is 81.5 cm³/mol. The molecule has 3 N–H and O–H groups in total. The minimum atomic E-state index is -0.382. The molecule has 0 fully saturated rings. The number of nitrogens with one attached hydrogen (secondary N) is 1. The van der Waals surface area contributed by atoms with Crippen LogP contribution in [-0.2, 0) is 0 Å². The number of carbonyl (C=O) groups is 1.